The second-order valence-electron chi connectivity index (χ2n) is 14.8. The number of carbonyl (C=O) groups is 4. The lowest BCUT2D eigenvalue weighted by Gasteiger charge is -2.50. The van der Waals surface area contributed by atoms with E-state index in [1.54, 1.807) is 33.8 Å². The highest BCUT2D eigenvalue weighted by Gasteiger charge is 2.62. The largest absolute Gasteiger partial charge is 0.480 e. The number of nitrogens with zero attached hydrogens (tertiary/aromatic N) is 4. The molecule has 4 fully saturated rings. The van der Waals surface area contributed by atoms with Gasteiger partial charge in [0.2, 0.25) is 11.8 Å². The third kappa shape index (κ3) is 6.70. The first kappa shape index (κ1) is 32.2. The van der Waals surface area contributed by atoms with Gasteiger partial charge in [-0.1, -0.05) is 63.4 Å². The van der Waals surface area contributed by atoms with Crippen LogP contribution in [-0.4, -0.2) is 93.3 Å². The van der Waals surface area contributed by atoms with Gasteiger partial charge in [0.25, 0.3) is 5.91 Å². The zero-order valence-corrected chi connectivity index (χ0v) is 27.2. The van der Waals surface area contributed by atoms with Crippen molar-refractivity contribution in [3.05, 3.63) is 53.9 Å². The summed E-state index contributed by atoms with van der Waals surface area (Å²) in [6, 6.07) is 8.62. The molecule has 1 aromatic heterocycles. The Labute approximate surface area is 270 Å². The van der Waals surface area contributed by atoms with E-state index in [1.807, 2.05) is 30.3 Å². The summed E-state index contributed by atoms with van der Waals surface area (Å²) in [5, 5.41) is 17.2. The van der Waals surface area contributed by atoms with Crippen LogP contribution in [0.25, 0.3) is 0 Å². The highest BCUT2D eigenvalue weighted by Crippen LogP contribution is 2.54. The number of rotatable bonds is 11. The number of carbonyl (C=O) groups excluding carboxylic acids is 3. The molecule has 3 heterocycles. The molecule has 2 aromatic rings. The van der Waals surface area contributed by atoms with Gasteiger partial charge in [-0.05, 0) is 43.1 Å². The van der Waals surface area contributed by atoms with Gasteiger partial charge in [-0.25, -0.2) is 4.79 Å². The van der Waals surface area contributed by atoms with Crippen LogP contribution >= 0.6 is 0 Å². The summed E-state index contributed by atoms with van der Waals surface area (Å²) in [6.07, 6.45) is 9.07. The molecule has 0 bridgehead atoms. The summed E-state index contributed by atoms with van der Waals surface area (Å²) in [5.41, 5.74) is 0.817. The maximum atomic E-state index is 13.9. The third-order valence-corrected chi connectivity index (χ3v) is 10.8. The van der Waals surface area contributed by atoms with Crippen LogP contribution in [0.5, 0.6) is 0 Å². The predicted molar refractivity (Wildman–Crippen MR) is 170 cm³/mol. The molecule has 4 aliphatic rings. The number of carboxylic acid groups (broad SMARTS) is 1. The van der Waals surface area contributed by atoms with Crippen molar-refractivity contribution in [1.29, 1.82) is 0 Å². The Morgan fingerprint density at radius 1 is 1.02 bits per heavy atom. The molecule has 0 unspecified atom stereocenters. The smallest absolute Gasteiger partial charge is 0.328 e. The van der Waals surface area contributed by atoms with Crippen molar-refractivity contribution in [2.45, 2.75) is 78.0 Å². The van der Waals surface area contributed by atoms with E-state index in [0.29, 0.717) is 44.3 Å². The van der Waals surface area contributed by atoms with E-state index in [2.05, 4.69) is 24.3 Å². The minimum atomic E-state index is -1.22. The van der Waals surface area contributed by atoms with Crippen LogP contribution in [0, 0.1) is 28.6 Å². The molecule has 1 spiro atoms. The van der Waals surface area contributed by atoms with Gasteiger partial charge in [0.15, 0.2) is 6.04 Å². The number of hydrogen-bond donors (Lipinski definition) is 2. The number of ether oxygens (including phenoxy) is 1. The van der Waals surface area contributed by atoms with E-state index in [-0.39, 0.29) is 29.7 Å². The number of amides is 3. The molecule has 11 nitrogen and oxygen atoms in total. The average Bonchev–Trinajstić information content (AvgIpc) is 3.34. The Hall–Kier alpha value is -3.73. The molecular formula is C35H47N5O6. The highest BCUT2D eigenvalue weighted by atomic mass is 16.5. The normalized spacial score (nSPS) is 24.7. The highest BCUT2D eigenvalue weighted by molar-refractivity contribution is 5.95. The Morgan fingerprint density at radius 3 is 2.35 bits per heavy atom. The molecule has 3 amide bonds. The van der Waals surface area contributed by atoms with Gasteiger partial charge < -0.3 is 25.0 Å². The number of likely N-dealkylation sites (tertiary alicyclic amines) is 2. The standard InChI is InChI=1S/C35H47N5O6/c1-23(46-19-25-12-8-5-9-13-25)29(33(44)45)37-30(41)28-18-38(20-35(28)21-39(22-35)32(43)27-14-34(27,2)3)31(42)26-15-36-40(17-26)16-24-10-6-4-7-11-24/h4,6-7,10-11,15,17,23,25,27-29H,5,8-9,12-14,16,18-22H2,1-3H3,(H,37,41)(H,44,45)/t23-,27-,28+,29+/m1/s1. The first-order valence-electron chi connectivity index (χ1n) is 16.7. The third-order valence-electron chi connectivity index (χ3n) is 10.8. The number of aromatic nitrogens is 2. The summed E-state index contributed by atoms with van der Waals surface area (Å²) < 4.78 is 7.72. The van der Waals surface area contributed by atoms with Gasteiger partial charge >= 0.3 is 5.97 Å². The SMILES string of the molecule is C[C@@H](OCC1CCCCC1)[C@H](NC(=O)[C@@H]1CN(C(=O)c2cnn(Cc3ccccc3)c2)CC12CN(C(=O)[C@H]1CC1(C)C)C2)C(=O)O. The number of carboxylic acids is 1. The van der Waals surface area contributed by atoms with Crippen LogP contribution in [0.2, 0.25) is 0 Å². The quantitative estimate of drug-likeness (QED) is 0.387. The van der Waals surface area contributed by atoms with Gasteiger partial charge in [0.05, 0.1) is 30.3 Å². The zero-order chi connectivity index (χ0) is 32.6. The van der Waals surface area contributed by atoms with Gasteiger partial charge in [-0.15, -0.1) is 0 Å². The minimum absolute atomic E-state index is 0.0172. The fourth-order valence-corrected chi connectivity index (χ4v) is 7.67. The molecule has 11 heteroatoms. The first-order chi connectivity index (χ1) is 22.0. The Balaban J connectivity index is 1.15. The molecule has 4 atom stereocenters. The van der Waals surface area contributed by atoms with Crippen LogP contribution in [0.4, 0.5) is 0 Å². The van der Waals surface area contributed by atoms with Crippen molar-refractivity contribution >= 4 is 23.7 Å². The van der Waals surface area contributed by atoms with E-state index in [1.165, 1.54) is 6.42 Å². The Bertz CT molecular complexity index is 1440. The van der Waals surface area contributed by atoms with Crippen LogP contribution in [0.3, 0.4) is 0 Å². The average molecular weight is 634 g/mol. The molecule has 46 heavy (non-hydrogen) atoms. The molecule has 2 aliphatic heterocycles. The fraction of sp³-hybridized carbons (Fsp3) is 0.629. The minimum Gasteiger partial charge on any atom is -0.480 e. The van der Waals surface area contributed by atoms with Crippen LogP contribution in [0.15, 0.2) is 42.7 Å². The predicted octanol–water partition coefficient (Wildman–Crippen LogP) is 3.43. The molecular weight excluding hydrogens is 586 g/mol. The van der Waals surface area contributed by atoms with Crippen molar-refractivity contribution in [3.63, 3.8) is 0 Å². The van der Waals surface area contributed by atoms with E-state index in [9.17, 15) is 24.3 Å². The monoisotopic (exact) mass is 633 g/mol. The molecule has 2 saturated carbocycles. The lowest BCUT2D eigenvalue weighted by Crippen LogP contribution is -2.65. The van der Waals surface area contributed by atoms with E-state index in [4.69, 9.17) is 4.74 Å². The Morgan fingerprint density at radius 2 is 1.70 bits per heavy atom. The maximum Gasteiger partial charge on any atom is 0.328 e. The second kappa shape index (κ2) is 12.8. The van der Waals surface area contributed by atoms with E-state index < -0.39 is 35.4 Å². The summed E-state index contributed by atoms with van der Waals surface area (Å²) in [4.78, 5) is 56.7. The van der Waals surface area contributed by atoms with E-state index in [0.717, 1.165) is 37.7 Å². The number of nitrogens with one attached hydrogen (secondary N) is 1. The molecule has 2 aliphatic carbocycles. The molecule has 0 radical (unpaired) electrons. The molecule has 2 N–H and O–H groups in total. The fourth-order valence-electron chi connectivity index (χ4n) is 7.67. The number of aliphatic carboxylic acids is 1. The van der Waals surface area contributed by atoms with Gasteiger partial charge in [-0.2, -0.15) is 5.10 Å². The van der Waals surface area contributed by atoms with E-state index >= 15 is 0 Å². The maximum absolute atomic E-state index is 13.9. The van der Waals surface area contributed by atoms with Crippen molar-refractivity contribution in [1.82, 2.24) is 24.9 Å². The summed E-state index contributed by atoms with van der Waals surface area (Å²) in [7, 11) is 0. The first-order valence-corrected chi connectivity index (χ1v) is 16.7. The molecule has 248 valence electrons. The summed E-state index contributed by atoms with van der Waals surface area (Å²) in [5.74, 6) is -2.00. The van der Waals surface area contributed by atoms with Crippen molar-refractivity contribution in [2.75, 3.05) is 32.8 Å². The van der Waals surface area contributed by atoms with Crippen molar-refractivity contribution in [2.24, 2.45) is 28.6 Å². The zero-order valence-electron chi connectivity index (χ0n) is 27.2. The lowest BCUT2D eigenvalue weighted by molar-refractivity contribution is -0.153. The summed E-state index contributed by atoms with van der Waals surface area (Å²) in [6.45, 7) is 8.01. The molecule has 2 saturated heterocycles. The lowest BCUT2D eigenvalue weighted by atomic mass is 9.70. The van der Waals surface area contributed by atoms with Crippen molar-refractivity contribution in [3.8, 4) is 0 Å². The molecule has 1 aromatic carbocycles. The topological polar surface area (TPSA) is 134 Å². The molecule has 6 rings (SSSR count). The van der Waals surface area contributed by atoms with Gasteiger partial charge in [0, 0.05) is 50.3 Å². The van der Waals surface area contributed by atoms with Crippen LogP contribution in [0.1, 0.15) is 75.2 Å². The number of hydrogen-bond acceptors (Lipinski definition) is 6. The van der Waals surface area contributed by atoms with Crippen LogP contribution < -0.4 is 5.32 Å². The van der Waals surface area contributed by atoms with Crippen molar-refractivity contribution < 1.29 is 29.0 Å². The van der Waals surface area contributed by atoms with Gasteiger partial charge in [-0.3, -0.25) is 19.1 Å². The summed E-state index contributed by atoms with van der Waals surface area (Å²) >= 11 is 0. The van der Waals surface area contributed by atoms with Gasteiger partial charge in [0.1, 0.15) is 0 Å². The van der Waals surface area contributed by atoms with Crippen LogP contribution in [-0.2, 0) is 25.7 Å². The number of benzene rings is 1. The second-order valence-corrected chi connectivity index (χ2v) is 14.8. The Kier molecular flexibility index (Phi) is 8.98.